The molecule has 0 radical (unpaired) electrons. The van der Waals surface area contributed by atoms with E-state index >= 15 is 0 Å². The molecule has 0 unspecified atom stereocenters. The molecule has 6 heteroatoms. The van der Waals surface area contributed by atoms with E-state index in [0.717, 1.165) is 6.54 Å². The summed E-state index contributed by atoms with van der Waals surface area (Å²) in [6, 6.07) is 15.0. The molecule has 0 spiro atoms. The standard InChI is InChI=1S/C22H26ClN3O2/c23-20-9-7-17(8-10-20)22(28)24-12-11-21(27)25-15-18-5-1-2-6-19(18)16-26-13-3-4-14-26/h1-2,5-10H,3-4,11-16H2,(H,24,28)(H,25,27)/p+1. The van der Waals surface area contributed by atoms with Gasteiger partial charge in [-0.15, -0.1) is 0 Å². The number of rotatable bonds is 8. The largest absolute Gasteiger partial charge is 0.352 e. The number of amides is 2. The quantitative estimate of drug-likeness (QED) is 0.634. The summed E-state index contributed by atoms with van der Waals surface area (Å²) in [7, 11) is 0. The lowest BCUT2D eigenvalue weighted by Crippen LogP contribution is -3.08. The molecule has 148 valence electrons. The second kappa shape index (κ2) is 10.2. The lowest BCUT2D eigenvalue weighted by atomic mass is 10.1. The van der Waals surface area contributed by atoms with Gasteiger partial charge in [0.15, 0.2) is 0 Å². The van der Waals surface area contributed by atoms with Gasteiger partial charge < -0.3 is 15.5 Å². The first-order valence-corrected chi connectivity index (χ1v) is 10.2. The summed E-state index contributed by atoms with van der Waals surface area (Å²) in [4.78, 5) is 25.8. The molecule has 0 atom stereocenters. The van der Waals surface area contributed by atoms with Gasteiger partial charge in [-0.3, -0.25) is 9.59 Å². The Hall–Kier alpha value is -2.37. The third kappa shape index (κ3) is 6.08. The maximum atomic E-state index is 12.1. The van der Waals surface area contributed by atoms with E-state index in [1.165, 1.54) is 37.1 Å². The molecule has 0 bridgehead atoms. The van der Waals surface area contributed by atoms with Crippen LogP contribution in [0.5, 0.6) is 0 Å². The van der Waals surface area contributed by atoms with E-state index in [9.17, 15) is 9.59 Å². The van der Waals surface area contributed by atoms with Crippen LogP contribution in [-0.2, 0) is 17.9 Å². The number of carbonyl (C=O) groups excluding carboxylic acids is 2. The summed E-state index contributed by atoms with van der Waals surface area (Å²) in [5.74, 6) is -0.275. The molecule has 0 aromatic heterocycles. The van der Waals surface area contributed by atoms with Crippen molar-refractivity contribution in [1.29, 1.82) is 0 Å². The van der Waals surface area contributed by atoms with Gasteiger partial charge >= 0.3 is 0 Å². The van der Waals surface area contributed by atoms with Gasteiger partial charge in [-0.2, -0.15) is 0 Å². The Morgan fingerprint density at radius 1 is 0.929 bits per heavy atom. The Morgan fingerprint density at radius 2 is 1.61 bits per heavy atom. The Kier molecular flexibility index (Phi) is 7.46. The average molecular weight is 401 g/mol. The van der Waals surface area contributed by atoms with Gasteiger partial charge in [0.05, 0.1) is 13.1 Å². The number of quaternary nitrogens is 1. The minimum Gasteiger partial charge on any atom is -0.352 e. The number of carbonyl (C=O) groups is 2. The predicted octanol–water partition coefficient (Wildman–Crippen LogP) is 1.95. The minimum absolute atomic E-state index is 0.0697. The molecule has 0 aliphatic carbocycles. The molecule has 2 amide bonds. The molecule has 1 fully saturated rings. The van der Waals surface area contributed by atoms with Crippen molar-refractivity contribution >= 4 is 23.4 Å². The fraction of sp³-hybridized carbons (Fsp3) is 0.364. The van der Waals surface area contributed by atoms with Crippen molar-refractivity contribution in [1.82, 2.24) is 10.6 Å². The van der Waals surface area contributed by atoms with Crippen LogP contribution in [-0.4, -0.2) is 31.4 Å². The van der Waals surface area contributed by atoms with Crippen molar-refractivity contribution in [3.05, 3.63) is 70.2 Å². The van der Waals surface area contributed by atoms with Gasteiger partial charge in [-0.05, 0) is 29.8 Å². The Labute approximate surface area is 171 Å². The summed E-state index contributed by atoms with van der Waals surface area (Å²) in [5.41, 5.74) is 3.00. The molecule has 28 heavy (non-hydrogen) atoms. The Bertz CT molecular complexity index is 802. The van der Waals surface area contributed by atoms with Crippen LogP contribution in [0.15, 0.2) is 48.5 Å². The van der Waals surface area contributed by atoms with E-state index in [0.29, 0.717) is 23.7 Å². The number of hydrogen-bond acceptors (Lipinski definition) is 2. The minimum atomic E-state index is -0.205. The molecule has 2 aromatic rings. The number of likely N-dealkylation sites (tertiary alicyclic amines) is 1. The van der Waals surface area contributed by atoms with Crippen molar-refractivity contribution in [2.75, 3.05) is 19.6 Å². The summed E-state index contributed by atoms with van der Waals surface area (Å²) >= 11 is 5.82. The molecular weight excluding hydrogens is 374 g/mol. The van der Waals surface area contributed by atoms with E-state index in [4.69, 9.17) is 11.6 Å². The first-order chi connectivity index (χ1) is 13.6. The lowest BCUT2D eigenvalue weighted by molar-refractivity contribution is -0.901. The van der Waals surface area contributed by atoms with Crippen LogP contribution < -0.4 is 15.5 Å². The smallest absolute Gasteiger partial charge is 0.251 e. The van der Waals surface area contributed by atoms with E-state index < -0.39 is 0 Å². The Morgan fingerprint density at radius 3 is 2.32 bits per heavy atom. The SMILES string of the molecule is O=C(CCNC(=O)c1ccc(Cl)cc1)NCc1ccccc1C[NH+]1CCCC1. The molecule has 5 nitrogen and oxygen atoms in total. The molecule has 3 rings (SSSR count). The van der Waals surface area contributed by atoms with Crippen molar-refractivity contribution in [2.24, 2.45) is 0 Å². The topological polar surface area (TPSA) is 62.6 Å². The van der Waals surface area contributed by atoms with Crippen LogP contribution >= 0.6 is 11.6 Å². The molecule has 1 heterocycles. The second-order valence-corrected chi connectivity index (χ2v) is 7.63. The fourth-order valence-corrected chi connectivity index (χ4v) is 3.62. The summed E-state index contributed by atoms with van der Waals surface area (Å²) in [5, 5.41) is 6.31. The van der Waals surface area contributed by atoms with E-state index in [1.54, 1.807) is 29.2 Å². The highest BCUT2D eigenvalue weighted by Crippen LogP contribution is 2.10. The molecule has 1 aliphatic heterocycles. The van der Waals surface area contributed by atoms with Gasteiger partial charge in [0, 0.05) is 48.5 Å². The van der Waals surface area contributed by atoms with E-state index in [2.05, 4.69) is 28.8 Å². The number of halogens is 1. The normalized spacial score (nSPS) is 14.0. The third-order valence-electron chi connectivity index (χ3n) is 5.09. The maximum Gasteiger partial charge on any atom is 0.251 e. The van der Waals surface area contributed by atoms with E-state index in [1.807, 2.05) is 6.07 Å². The summed E-state index contributed by atoms with van der Waals surface area (Å²) in [6.07, 6.45) is 2.85. The van der Waals surface area contributed by atoms with E-state index in [-0.39, 0.29) is 18.2 Å². The van der Waals surface area contributed by atoms with Crippen LogP contribution in [0.3, 0.4) is 0 Å². The van der Waals surface area contributed by atoms with Crippen molar-refractivity contribution in [3.63, 3.8) is 0 Å². The van der Waals surface area contributed by atoms with Crippen LogP contribution in [0.1, 0.15) is 40.7 Å². The van der Waals surface area contributed by atoms with Crippen molar-refractivity contribution in [2.45, 2.75) is 32.4 Å². The fourth-order valence-electron chi connectivity index (χ4n) is 3.50. The van der Waals surface area contributed by atoms with Crippen LogP contribution in [0, 0.1) is 0 Å². The molecule has 0 saturated carbocycles. The van der Waals surface area contributed by atoms with Crippen LogP contribution in [0.2, 0.25) is 5.02 Å². The van der Waals surface area contributed by atoms with Gasteiger partial charge in [0.25, 0.3) is 5.91 Å². The number of benzene rings is 2. The van der Waals surface area contributed by atoms with Gasteiger partial charge in [0.1, 0.15) is 6.54 Å². The van der Waals surface area contributed by atoms with Crippen molar-refractivity contribution < 1.29 is 14.5 Å². The Balaban J connectivity index is 1.42. The highest BCUT2D eigenvalue weighted by molar-refractivity contribution is 6.30. The maximum absolute atomic E-state index is 12.1. The van der Waals surface area contributed by atoms with Gasteiger partial charge in [-0.25, -0.2) is 0 Å². The molecule has 2 aromatic carbocycles. The van der Waals surface area contributed by atoms with Gasteiger partial charge in [-0.1, -0.05) is 35.9 Å². The molecular formula is C22H27ClN3O2+. The molecule has 1 saturated heterocycles. The highest BCUT2D eigenvalue weighted by atomic mass is 35.5. The highest BCUT2D eigenvalue weighted by Gasteiger charge is 2.17. The van der Waals surface area contributed by atoms with Crippen LogP contribution in [0.25, 0.3) is 0 Å². The van der Waals surface area contributed by atoms with Gasteiger partial charge in [0.2, 0.25) is 5.91 Å². The molecule has 3 N–H and O–H groups in total. The monoisotopic (exact) mass is 400 g/mol. The average Bonchev–Trinajstić information content (AvgIpc) is 3.21. The predicted molar refractivity (Wildman–Crippen MR) is 110 cm³/mol. The third-order valence-corrected chi connectivity index (χ3v) is 5.34. The molecule has 1 aliphatic rings. The summed E-state index contributed by atoms with van der Waals surface area (Å²) < 4.78 is 0. The zero-order valence-electron chi connectivity index (χ0n) is 16.0. The number of nitrogens with one attached hydrogen (secondary N) is 3. The zero-order chi connectivity index (χ0) is 19.8. The van der Waals surface area contributed by atoms with Crippen molar-refractivity contribution in [3.8, 4) is 0 Å². The lowest BCUT2D eigenvalue weighted by Gasteiger charge is -2.15. The first kappa shape index (κ1) is 20.4. The van der Waals surface area contributed by atoms with Crippen LogP contribution in [0.4, 0.5) is 0 Å². The second-order valence-electron chi connectivity index (χ2n) is 7.19. The number of hydrogen-bond donors (Lipinski definition) is 3. The summed E-state index contributed by atoms with van der Waals surface area (Å²) in [6.45, 7) is 4.30. The zero-order valence-corrected chi connectivity index (χ0v) is 16.7. The first-order valence-electron chi connectivity index (χ1n) is 9.82.